The molecule has 4 nitrogen and oxygen atoms in total. The molecular formula is C14H17N3O. The summed E-state index contributed by atoms with van der Waals surface area (Å²) in [6.45, 7) is 0.784. The number of nitrogens with one attached hydrogen (secondary N) is 1. The average molecular weight is 243 g/mol. The van der Waals surface area contributed by atoms with E-state index in [0.717, 1.165) is 25.1 Å². The Morgan fingerprint density at radius 1 is 1.44 bits per heavy atom. The van der Waals surface area contributed by atoms with E-state index in [0.29, 0.717) is 11.8 Å². The predicted octanol–water partition coefficient (Wildman–Crippen LogP) is 1.90. The zero-order valence-corrected chi connectivity index (χ0v) is 10.4. The fourth-order valence-electron chi connectivity index (χ4n) is 2.60. The molecule has 0 fully saturated rings. The van der Waals surface area contributed by atoms with Crippen molar-refractivity contribution >= 4 is 0 Å². The second-order valence-corrected chi connectivity index (χ2v) is 4.84. The van der Waals surface area contributed by atoms with E-state index in [4.69, 9.17) is 0 Å². The molecule has 0 saturated carbocycles. The maximum Gasteiger partial charge on any atom is 0.115 e. The van der Waals surface area contributed by atoms with E-state index >= 15 is 0 Å². The van der Waals surface area contributed by atoms with E-state index in [9.17, 15) is 5.11 Å². The molecule has 0 radical (unpaired) electrons. The third-order valence-corrected chi connectivity index (χ3v) is 3.50. The number of hydrogen-bond acceptors (Lipinski definition) is 3. The van der Waals surface area contributed by atoms with Gasteiger partial charge in [-0.3, -0.25) is 4.68 Å². The van der Waals surface area contributed by atoms with Crippen LogP contribution >= 0.6 is 0 Å². The van der Waals surface area contributed by atoms with Crippen molar-refractivity contribution in [3.8, 4) is 5.75 Å². The summed E-state index contributed by atoms with van der Waals surface area (Å²) in [7, 11) is 1.93. The van der Waals surface area contributed by atoms with Gasteiger partial charge in [-0.25, -0.2) is 0 Å². The second-order valence-electron chi connectivity index (χ2n) is 4.84. The van der Waals surface area contributed by atoms with Crippen LogP contribution in [0, 0.1) is 0 Å². The number of fused-ring (bicyclic) bond motifs is 1. The van der Waals surface area contributed by atoms with Crippen molar-refractivity contribution in [2.45, 2.75) is 25.4 Å². The highest BCUT2D eigenvalue weighted by Crippen LogP contribution is 2.33. The number of rotatable bonds is 3. The molecule has 0 aliphatic heterocycles. The van der Waals surface area contributed by atoms with Gasteiger partial charge in [-0.05, 0) is 42.2 Å². The maximum atomic E-state index is 9.46. The molecule has 0 bridgehead atoms. The lowest BCUT2D eigenvalue weighted by molar-refractivity contribution is 0.474. The third kappa shape index (κ3) is 2.11. The molecule has 0 amide bonds. The Morgan fingerprint density at radius 3 is 3.11 bits per heavy atom. The van der Waals surface area contributed by atoms with Gasteiger partial charge in [-0.2, -0.15) is 5.10 Å². The molecule has 18 heavy (non-hydrogen) atoms. The van der Waals surface area contributed by atoms with E-state index in [1.807, 2.05) is 36.1 Å². The molecule has 1 atom stereocenters. The van der Waals surface area contributed by atoms with Gasteiger partial charge in [-0.15, -0.1) is 0 Å². The smallest absolute Gasteiger partial charge is 0.115 e. The van der Waals surface area contributed by atoms with Crippen LogP contribution in [0.25, 0.3) is 0 Å². The van der Waals surface area contributed by atoms with E-state index in [1.54, 1.807) is 6.07 Å². The molecule has 0 spiro atoms. The SMILES string of the molecule is Cn1ccc(CNC2CCc3cc(O)ccc32)n1. The molecule has 3 rings (SSSR count). The average Bonchev–Trinajstić information content (AvgIpc) is 2.92. The Bertz CT molecular complexity index is 562. The molecule has 1 aliphatic carbocycles. The quantitative estimate of drug-likeness (QED) is 0.865. The minimum absolute atomic E-state index is 0.360. The molecule has 1 heterocycles. The standard InChI is InChI=1S/C14H17N3O/c1-17-7-6-11(16-17)9-15-14-5-2-10-8-12(18)3-4-13(10)14/h3-4,6-8,14-15,18H,2,5,9H2,1H3. The first kappa shape index (κ1) is 11.3. The number of benzene rings is 1. The van der Waals surface area contributed by atoms with Gasteiger partial charge in [0.1, 0.15) is 5.75 Å². The van der Waals surface area contributed by atoms with E-state index in [1.165, 1.54) is 11.1 Å². The molecule has 2 N–H and O–H groups in total. The minimum atomic E-state index is 0.360. The second kappa shape index (κ2) is 4.46. The van der Waals surface area contributed by atoms with Crippen molar-refractivity contribution < 1.29 is 5.11 Å². The summed E-state index contributed by atoms with van der Waals surface area (Å²) in [6.07, 6.45) is 4.08. The first-order valence-corrected chi connectivity index (χ1v) is 6.26. The zero-order valence-electron chi connectivity index (χ0n) is 10.4. The van der Waals surface area contributed by atoms with E-state index in [2.05, 4.69) is 10.4 Å². The van der Waals surface area contributed by atoms with Crippen LogP contribution in [0.3, 0.4) is 0 Å². The van der Waals surface area contributed by atoms with Gasteiger partial charge in [0, 0.05) is 25.8 Å². The van der Waals surface area contributed by atoms with Gasteiger partial charge in [-0.1, -0.05) is 6.07 Å². The van der Waals surface area contributed by atoms with E-state index in [-0.39, 0.29) is 0 Å². The molecule has 1 unspecified atom stereocenters. The van der Waals surface area contributed by atoms with E-state index < -0.39 is 0 Å². The van der Waals surface area contributed by atoms with Gasteiger partial charge in [0.15, 0.2) is 0 Å². The Hall–Kier alpha value is -1.81. The first-order valence-electron chi connectivity index (χ1n) is 6.26. The van der Waals surface area contributed by atoms with Crippen molar-refractivity contribution in [2.24, 2.45) is 7.05 Å². The summed E-state index contributed by atoms with van der Waals surface area (Å²) in [4.78, 5) is 0. The number of phenols is 1. The molecule has 1 aromatic heterocycles. The van der Waals surface area contributed by atoms with Crippen LogP contribution in [-0.4, -0.2) is 14.9 Å². The fraction of sp³-hybridized carbons (Fsp3) is 0.357. The van der Waals surface area contributed by atoms with Crippen LogP contribution in [0.5, 0.6) is 5.75 Å². The lowest BCUT2D eigenvalue weighted by atomic mass is 10.1. The predicted molar refractivity (Wildman–Crippen MR) is 69.2 cm³/mol. The van der Waals surface area contributed by atoms with Gasteiger partial charge in [0.05, 0.1) is 5.69 Å². The lowest BCUT2D eigenvalue weighted by Crippen LogP contribution is -2.19. The van der Waals surface area contributed by atoms with Crippen LogP contribution in [0.15, 0.2) is 30.5 Å². The number of aromatic nitrogens is 2. The summed E-state index contributed by atoms with van der Waals surface area (Å²) < 4.78 is 1.82. The molecule has 4 heteroatoms. The summed E-state index contributed by atoms with van der Waals surface area (Å²) in [6, 6.07) is 8.06. The monoisotopic (exact) mass is 243 g/mol. The summed E-state index contributed by atoms with van der Waals surface area (Å²) in [5.41, 5.74) is 3.63. The summed E-state index contributed by atoms with van der Waals surface area (Å²) in [5, 5.41) is 17.3. The topological polar surface area (TPSA) is 50.1 Å². The van der Waals surface area contributed by atoms with Crippen molar-refractivity contribution in [3.05, 3.63) is 47.3 Å². The highest BCUT2D eigenvalue weighted by molar-refractivity contribution is 5.40. The zero-order chi connectivity index (χ0) is 12.5. The molecule has 94 valence electrons. The van der Waals surface area contributed by atoms with Crippen LogP contribution < -0.4 is 5.32 Å². The van der Waals surface area contributed by atoms with Crippen molar-refractivity contribution in [1.82, 2.24) is 15.1 Å². The number of aromatic hydroxyl groups is 1. The largest absolute Gasteiger partial charge is 0.508 e. The van der Waals surface area contributed by atoms with Gasteiger partial charge >= 0.3 is 0 Å². The van der Waals surface area contributed by atoms with Crippen molar-refractivity contribution in [1.29, 1.82) is 0 Å². The Kier molecular flexibility index (Phi) is 2.80. The maximum absolute atomic E-state index is 9.46. The minimum Gasteiger partial charge on any atom is -0.508 e. The number of hydrogen-bond donors (Lipinski definition) is 2. The van der Waals surface area contributed by atoms with Gasteiger partial charge in [0.2, 0.25) is 0 Å². The summed E-state index contributed by atoms with van der Waals surface area (Å²) >= 11 is 0. The van der Waals surface area contributed by atoms with Gasteiger partial charge < -0.3 is 10.4 Å². The molecular weight excluding hydrogens is 226 g/mol. The third-order valence-electron chi connectivity index (χ3n) is 3.50. The number of aryl methyl sites for hydroxylation is 2. The summed E-state index contributed by atoms with van der Waals surface area (Å²) in [5.74, 6) is 0.360. The van der Waals surface area contributed by atoms with Crippen LogP contribution in [-0.2, 0) is 20.0 Å². The van der Waals surface area contributed by atoms with Crippen LogP contribution in [0.2, 0.25) is 0 Å². The molecule has 2 aromatic rings. The number of nitrogens with zero attached hydrogens (tertiary/aromatic N) is 2. The highest BCUT2D eigenvalue weighted by Gasteiger charge is 2.22. The normalized spacial score (nSPS) is 17.9. The molecule has 0 saturated heterocycles. The number of phenolic OH excluding ortho intramolecular Hbond substituents is 1. The van der Waals surface area contributed by atoms with Crippen molar-refractivity contribution in [3.63, 3.8) is 0 Å². The Labute approximate surface area is 106 Å². The Morgan fingerprint density at radius 2 is 2.33 bits per heavy atom. The van der Waals surface area contributed by atoms with Crippen molar-refractivity contribution in [2.75, 3.05) is 0 Å². The van der Waals surface area contributed by atoms with Gasteiger partial charge in [0.25, 0.3) is 0 Å². The fourth-order valence-corrected chi connectivity index (χ4v) is 2.60. The highest BCUT2D eigenvalue weighted by atomic mass is 16.3. The molecule has 1 aromatic carbocycles. The Balaban J connectivity index is 1.69. The van der Waals surface area contributed by atoms with Crippen LogP contribution in [0.4, 0.5) is 0 Å². The first-order chi connectivity index (χ1) is 8.72. The lowest BCUT2D eigenvalue weighted by Gasteiger charge is -2.13. The molecule has 1 aliphatic rings. The van der Waals surface area contributed by atoms with Crippen LogP contribution in [0.1, 0.15) is 29.3 Å².